The summed E-state index contributed by atoms with van der Waals surface area (Å²) in [6.07, 6.45) is 2.80. The summed E-state index contributed by atoms with van der Waals surface area (Å²) in [6, 6.07) is 5.23. The molecule has 0 bridgehead atoms. The Hall–Kier alpha value is -0.570. The predicted molar refractivity (Wildman–Crippen MR) is 86.4 cm³/mol. The van der Waals surface area contributed by atoms with Crippen molar-refractivity contribution in [2.75, 3.05) is 6.54 Å². The molecule has 1 aromatic rings. The lowest BCUT2D eigenvalue weighted by Gasteiger charge is -2.19. The van der Waals surface area contributed by atoms with Crippen molar-refractivity contribution >= 4 is 29.0 Å². The van der Waals surface area contributed by atoms with E-state index in [1.807, 2.05) is 0 Å². The van der Waals surface area contributed by atoms with Crippen LogP contribution in [-0.2, 0) is 11.2 Å². The third-order valence-corrected chi connectivity index (χ3v) is 4.27. The van der Waals surface area contributed by atoms with E-state index >= 15 is 0 Å². The van der Waals surface area contributed by atoms with Gasteiger partial charge in [-0.05, 0) is 55.0 Å². The molecule has 0 aliphatic rings. The summed E-state index contributed by atoms with van der Waals surface area (Å²) in [5.41, 5.74) is 6.43. The summed E-state index contributed by atoms with van der Waals surface area (Å²) in [4.78, 5) is 12.1. The minimum Gasteiger partial charge on any atom is -0.330 e. The smallest absolute Gasteiger partial charge is 0.137 e. The Kier molecular flexibility index (Phi) is 7.57. The molecule has 0 spiro atoms. The van der Waals surface area contributed by atoms with Gasteiger partial charge < -0.3 is 5.73 Å². The summed E-state index contributed by atoms with van der Waals surface area (Å²) >= 11 is 12.0. The number of benzene rings is 1. The Morgan fingerprint density at radius 2 is 1.95 bits per heavy atom. The SMILES string of the molecule is CC(C)C(CCN)CCC(=O)Cc1cc(Cl)ccc1Cl. The Balaban J connectivity index is 2.53. The first-order chi connectivity index (χ1) is 9.43. The van der Waals surface area contributed by atoms with E-state index in [1.54, 1.807) is 18.2 Å². The number of nitrogens with two attached hydrogens (primary N) is 1. The van der Waals surface area contributed by atoms with Crippen LogP contribution >= 0.6 is 23.2 Å². The molecule has 1 aromatic carbocycles. The quantitative estimate of drug-likeness (QED) is 0.767. The molecule has 4 heteroatoms. The first-order valence-corrected chi connectivity index (χ1v) is 7.85. The third-order valence-electron chi connectivity index (χ3n) is 3.67. The van der Waals surface area contributed by atoms with E-state index in [9.17, 15) is 4.79 Å². The standard InChI is InChI=1S/C16H23Cl2NO/c1-11(2)12(7-8-19)3-5-15(20)10-13-9-14(17)4-6-16(13)18/h4,6,9,11-12H,3,5,7-8,10,19H2,1-2H3. The van der Waals surface area contributed by atoms with E-state index in [0.717, 1.165) is 18.4 Å². The summed E-state index contributed by atoms with van der Waals surface area (Å²) in [7, 11) is 0. The fourth-order valence-electron chi connectivity index (χ4n) is 2.35. The zero-order valence-electron chi connectivity index (χ0n) is 12.2. The number of ketones is 1. The van der Waals surface area contributed by atoms with E-state index in [-0.39, 0.29) is 5.78 Å². The number of rotatable bonds is 8. The summed E-state index contributed by atoms with van der Waals surface area (Å²) in [5, 5.41) is 1.21. The molecular formula is C16H23Cl2NO. The molecule has 0 aliphatic heterocycles. The second-order valence-corrected chi connectivity index (χ2v) is 6.41. The van der Waals surface area contributed by atoms with Crippen LogP contribution < -0.4 is 5.73 Å². The molecule has 1 unspecified atom stereocenters. The summed E-state index contributed by atoms with van der Waals surface area (Å²) in [6.45, 7) is 5.04. The van der Waals surface area contributed by atoms with Crippen molar-refractivity contribution < 1.29 is 4.79 Å². The second kappa shape index (κ2) is 8.66. The van der Waals surface area contributed by atoms with Crippen LogP contribution in [0.25, 0.3) is 0 Å². The number of Topliss-reactive ketones (excluding diaryl/α,β-unsaturated/α-hetero) is 1. The van der Waals surface area contributed by atoms with Crippen molar-refractivity contribution in [1.82, 2.24) is 0 Å². The number of hydrogen-bond donors (Lipinski definition) is 1. The normalized spacial score (nSPS) is 12.7. The Morgan fingerprint density at radius 1 is 1.25 bits per heavy atom. The minimum absolute atomic E-state index is 0.205. The van der Waals surface area contributed by atoms with Crippen LogP contribution in [0, 0.1) is 11.8 Å². The molecule has 0 saturated carbocycles. The van der Waals surface area contributed by atoms with Gasteiger partial charge >= 0.3 is 0 Å². The number of hydrogen-bond acceptors (Lipinski definition) is 2. The maximum Gasteiger partial charge on any atom is 0.137 e. The Morgan fingerprint density at radius 3 is 2.55 bits per heavy atom. The molecule has 1 atom stereocenters. The number of carbonyl (C=O) groups excluding carboxylic acids is 1. The van der Waals surface area contributed by atoms with Crippen LogP contribution in [-0.4, -0.2) is 12.3 Å². The van der Waals surface area contributed by atoms with Gasteiger partial charge in [-0.2, -0.15) is 0 Å². The number of carbonyl (C=O) groups is 1. The van der Waals surface area contributed by atoms with E-state index in [1.165, 1.54) is 0 Å². The Labute approximate surface area is 131 Å². The lowest BCUT2D eigenvalue weighted by Crippen LogP contribution is -2.16. The van der Waals surface area contributed by atoms with Crippen molar-refractivity contribution in [2.24, 2.45) is 17.6 Å². The van der Waals surface area contributed by atoms with E-state index in [2.05, 4.69) is 13.8 Å². The van der Waals surface area contributed by atoms with Crippen LogP contribution in [0.5, 0.6) is 0 Å². The molecule has 1 rings (SSSR count). The molecule has 2 nitrogen and oxygen atoms in total. The van der Waals surface area contributed by atoms with Gasteiger partial charge in [0.2, 0.25) is 0 Å². The molecule has 112 valence electrons. The fraction of sp³-hybridized carbons (Fsp3) is 0.562. The lowest BCUT2D eigenvalue weighted by molar-refractivity contribution is -0.118. The average molecular weight is 316 g/mol. The van der Waals surface area contributed by atoms with Gasteiger partial charge in [0.15, 0.2) is 0 Å². The highest BCUT2D eigenvalue weighted by Gasteiger charge is 2.15. The van der Waals surface area contributed by atoms with E-state index in [4.69, 9.17) is 28.9 Å². The minimum atomic E-state index is 0.205. The summed E-state index contributed by atoms with van der Waals surface area (Å²) < 4.78 is 0. The zero-order valence-corrected chi connectivity index (χ0v) is 13.7. The van der Waals surface area contributed by atoms with Crippen LogP contribution in [0.1, 0.15) is 38.7 Å². The first kappa shape index (κ1) is 17.5. The Bertz CT molecular complexity index is 446. The van der Waals surface area contributed by atoms with Gasteiger partial charge in [0.25, 0.3) is 0 Å². The van der Waals surface area contributed by atoms with Gasteiger partial charge in [0.05, 0.1) is 0 Å². The highest BCUT2D eigenvalue weighted by atomic mass is 35.5. The van der Waals surface area contributed by atoms with Crippen LogP contribution in [0.4, 0.5) is 0 Å². The molecule has 0 heterocycles. The molecular weight excluding hydrogens is 293 g/mol. The second-order valence-electron chi connectivity index (χ2n) is 5.57. The van der Waals surface area contributed by atoms with E-state index < -0.39 is 0 Å². The third kappa shape index (κ3) is 5.82. The van der Waals surface area contributed by atoms with Gasteiger partial charge in [0, 0.05) is 22.9 Å². The van der Waals surface area contributed by atoms with Crippen molar-refractivity contribution in [3.63, 3.8) is 0 Å². The highest BCUT2D eigenvalue weighted by Crippen LogP contribution is 2.24. The lowest BCUT2D eigenvalue weighted by atomic mass is 9.87. The predicted octanol–water partition coefficient (Wildman–Crippen LogP) is 4.51. The van der Waals surface area contributed by atoms with Crippen LogP contribution in [0.2, 0.25) is 10.0 Å². The van der Waals surface area contributed by atoms with Gasteiger partial charge in [-0.25, -0.2) is 0 Å². The topological polar surface area (TPSA) is 43.1 Å². The van der Waals surface area contributed by atoms with Crippen molar-refractivity contribution in [3.05, 3.63) is 33.8 Å². The molecule has 0 amide bonds. The monoisotopic (exact) mass is 315 g/mol. The molecule has 0 aromatic heterocycles. The van der Waals surface area contributed by atoms with Gasteiger partial charge in [-0.1, -0.05) is 37.0 Å². The van der Waals surface area contributed by atoms with Gasteiger partial charge in [0.1, 0.15) is 5.78 Å². The van der Waals surface area contributed by atoms with E-state index in [0.29, 0.717) is 41.3 Å². The molecule has 0 saturated heterocycles. The highest BCUT2D eigenvalue weighted by molar-refractivity contribution is 6.33. The van der Waals surface area contributed by atoms with Crippen molar-refractivity contribution in [3.8, 4) is 0 Å². The average Bonchev–Trinajstić information content (AvgIpc) is 2.38. The zero-order chi connectivity index (χ0) is 15.1. The van der Waals surface area contributed by atoms with Crippen LogP contribution in [0.3, 0.4) is 0 Å². The fourth-order valence-corrected chi connectivity index (χ4v) is 2.73. The van der Waals surface area contributed by atoms with Crippen molar-refractivity contribution in [1.29, 1.82) is 0 Å². The largest absolute Gasteiger partial charge is 0.330 e. The molecule has 0 aliphatic carbocycles. The van der Waals surface area contributed by atoms with Crippen LogP contribution in [0.15, 0.2) is 18.2 Å². The molecule has 0 fully saturated rings. The summed E-state index contributed by atoms with van der Waals surface area (Å²) in [5.74, 6) is 1.27. The van der Waals surface area contributed by atoms with Gasteiger partial charge in [-0.3, -0.25) is 4.79 Å². The molecule has 0 radical (unpaired) electrons. The first-order valence-electron chi connectivity index (χ1n) is 7.09. The number of halogens is 2. The molecule has 2 N–H and O–H groups in total. The van der Waals surface area contributed by atoms with Gasteiger partial charge in [-0.15, -0.1) is 0 Å². The maximum atomic E-state index is 12.1. The maximum absolute atomic E-state index is 12.1. The molecule has 20 heavy (non-hydrogen) atoms. The van der Waals surface area contributed by atoms with Crippen molar-refractivity contribution in [2.45, 2.75) is 39.5 Å².